The first-order chi connectivity index (χ1) is 14.2. The van der Waals surface area contributed by atoms with Crippen molar-refractivity contribution in [3.8, 4) is 0 Å². The lowest BCUT2D eigenvalue weighted by atomic mass is 10.2. The van der Waals surface area contributed by atoms with Crippen LogP contribution in [0.4, 0.5) is 11.5 Å². The number of benzene rings is 1. The Bertz CT molecular complexity index is 978. The topological polar surface area (TPSA) is 112 Å². The van der Waals surface area contributed by atoms with Crippen LogP contribution in [0.1, 0.15) is 18.1 Å². The third-order valence-electron chi connectivity index (χ3n) is 3.99. The molecule has 30 heavy (non-hydrogen) atoms. The van der Waals surface area contributed by atoms with Crippen LogP contribution in [-0.4, -0.2) is 41.4 Å². The maximum atomic E-state index is 12.4. The summed E-state index contributed by atoms with van der Waals surface area (Å²) in [5, 5.41) is 14.9. The van der Waals surface area contributed by atoms with E-state index in [2.05, 4.69) is 15.6 Å². The summed E-state index contributed by atoms with van der Waals surface area (Å²) in [5.41, 5.74) is 1.33. The molecule has 8 nitrogen and oxygen atoms in total. The molecule has 0 saturated heterocycles. The molecular weight excluding hydrogens is 431 g/mol. The van der Waals surface area contributed by atoms with Crippen molar-refractivity contribution in [3.05, 3.63) is 57.7 Å². The molecule has 2 aromatic rings. The van der Waals surface area contributed by atoms with Gasteiger partial charge in [0.15, 0.2) is 0 Å². The van der Waals surface area contributed by atoms with E-state index in [1.165, 1.54) is 43.3 Å². The monoisotopic (exact) mass is 450 g/mol. The van der Waals surface area contributed by atoms with Crippen LogP contribution in [0, 0.1) is 0 Å². The van der Waals surface area contributed by atoms with Gasteiger partial charge in [0, 0.05) is 36.8 Å². The smallest absolute Gasteiger partial charge is 0.246 e. The molecular formula is C20H20Cl2N4O4. The normalized spacial score (nSPS) is 10.7. The summed E-state index contributed by atoms with van der Waals surface area (Å²) in [6.07, 6.45) is 4.29. The number of aliphatic hydroxyl groups is 1. The number of halogens is 2. The number of nitrogens with zero attached hydrogens (tertiary/aromatic N) is 2. The molecule has 0 aliphatic rings. The lowest BCUT2D eigenvalue weighted by Gasteiger charge is -2.20. The molecule has 0 saturated carbocycles. The highest BCUT2D eigenvalue weighted by Crippen LogP contribution is 2.33. The molecule has 0 radical (unpaired) electrons. The van der Waals surface area contributed by atoms with Crippen molar-refractivity contribution in [2.24, 2.45) is 0 Å². The van der Waals surface area contributed by atoms with Crippen LogP contribution in [0.2, 0.25) is 10.0 Å². The molecule has 0 aliphatic carbocycles. The molecule has 0 unspecified atom stereocenters. The molecule has 3 N–H and O–H groups in total. The van der Waals surface area contributed by atoms with Gasteiger partial charge in [-0.25, -0.2) is 4.98 Å². The Labute approximate surface area is 183 Å². The van der Waals surface area contributed by atoms with Crippen molar-refractivity contribution in [2.75, 3.05) is 23.8 Å². The molecule has 0 aliphatic heterocycles. The number of rotatable bonds is 7. The van der Waals surface area contributed by atoms with Crippen molar-refractivity contribution in [1.29, 1.82) is 0 Å². The standard InChI is InChI=1S/C20H20Cl2N4O4/c1-12(28)25-17-7-3-13(9-23-17)4-8-18(29)24-10-19(30)26(2)16-6-5-15(21)14(11-27)20(16)22/h3-9,27H,10-11H2,1-2H3,(H,24,29)(H,23,25,28)/b8-4+. The Kier molecular flexibility index (Phi) is 8.35. The van der Waals surface area contributed by atoms with Crippen LogP contribution in [0.3, 0.4) is 0 Å². The van der Waals surface area contributed by atoms with E-state index in [0.717, 1.165) is 0 Å². The second kappa shape index (κ2) is 10.7. The summed E-state index contributed by atoms with van der Waals surface area (Å²) in [6.45, 7) is 0.757. The van der Waals surface area contributed by atoms with Crippen LogP contribution in [0.5, 0.6) is 0 Å². The van der Waals surface area contributed by atoms with E-state index in [4.69, 9.17) is 23.2 Å². The van der Waals surface area contributed by atoms with Crippen molar-refractivity contribution in [2.45, 2.75) is 13.5 Å². The molecule has 1 aromatic carbocycles. The highest BCUT2D eigenvalue weighted by atomic mass is 35.5. The summed E-state index contributed by atoms with van der Waals surface area (Å²) in [4.78, 5) is 40.6. The zero-order chi connectivity index (χ0) is 22.3. The quantitative estimate of drug-likeness (QED) is 0.561. The summed E-state index contributed by atoms with van der Waals surface area (Å²) in [6, 6.07) is 6.38. The minimum Gasteiger partial charge on any atom is -0.392 e. The summed E-state index contributed by atoms with van der Waals surface area (Å²) >= 11 is 12.2. The average Bonchev–Trinajstić information content (AvgIpc) is 2.71. The molecule has 3 amide bonds. The second-order valence-corrected chi connectivity index (χ2v) is 6.96. The third-order valence-corrected chi connectivity index (χ3v) is 4.77. The van der Waals surface area contributed by atoms with Crippen molar-refractivity contribution < 1.29 is 19.5 Å². The van der Waals surface area contributed by atoms with E-state index < -0.39 is 11.8 Å². The Morgan fingerprint density at radius 1 is 1.20 bits per heavy atom. The lowest BCUT2D eigenvalue weighted by molar-refractivity contribution is -0.122. The first kappa shape index (κ1) is 23.3. The van der Waals surface area contributed by atoms with E-state index in [1.807, 2.05) is 0 Å². The molecule has 2 rings (SSSR count). The van der Waals surface area contributed by atoms with Gasteiger partial charge in [0.2, 0.25) is 17.7 Å². The van der Waals surface area contributed by atoms with E-state index in [-0.39, 0.29) is 24.1 Å². The molecule has 158 valence electrons. The van der Waals surface area contributed by atoms with Gasteiger partial charge in [-0.05, 0) is 35.9 Å². The van der Waals surface area contributed by atoms with Gasteiger partial charge >= 0.3 is 0 Å². The number of carbonyl (C=O) groups excluding carboxylic acids is 3. The Hall–Kier alpha value is -2.94. The SMILES string of the molecule is CC(=O)Nc1ccc(/C=C/C(=O)NCC(=O)N(C)c2ccc(Cl)c(CO)c2Cl)cn1. The number of nitrogens with one attached hydrogen (secondary N) is 2. The van der Waals surface area contributed by atoms with Gasteiger partial charge in [0.05, 0.1) is 23.9 Å². The maximum Gasteiger partial charge on any atom is 0.246 e. The minimum atomic E-state index is -0.471. The molecule has 0 atom stereocenters. The van der Waals surface area contributed by atoms with Gasteiger partial charge in [-0.15, -0.1) is 0 Å². The fourth-order valence-corrected chi connectivity index (χ4v) is 3.01. The second-order valence-electron chi connectivity index (χ2n) is 6.18. The first-order valence-corrected chi connectivity index (χ1v) is 9.52. The lowest BCUT2D eigenvalue weighted by Crippen LogP contribution is -2.37. The van der Waals surface area contributed by atoms with E-state index in [9.17, 15) is 19.5 Å². The number of aromatic nitrogens is 1. The predicted octanol–water partition coefficient (Wildman–Crippen LogP) is 2.63. The molecule has 10 heteroatoms. The predicted molar refractivity (Wildman–Crippen MR) is 116 cm³/mol. The zero-order valence-corrected chi connectivity index (χ0v) is 17.8. The van der Waals surface area contributed by atoms with Gasteiger partial charge < -0.3 is 20.6 Å². The van der Waals surface area contributed by atoms with E-state index in [1.54, 1.807) is 18.2 Å². The number of carbonyl (C=O) groups is 3. The zero-order valence-electron chi connectivity index (χ0n) is 16.3. The number of aliphatic hydroxyl groups excluding tert-OH is 1. The van der Waals surface area contributed by atoms with Crippen LogP contribution >= 0.6 is 23.2 Å². The van der Waals surface area contributed by atoms with Crippen LogP contribution in [0.15, 0.2) is 36.5 Å². The fourth-order valence-electron chi connectivity index (χ4n) is 2.39. The number of hydrogen-bond acceptors (Lipinski definition) is 5. The average molecular weight is 451 g/mol. The molecule has 1 heterocycles. The molecule has 0 bridgehead atoms. The molecule has 0 fully saturated rings. The number of anilines is 2. The van der Waals surface area contributed by atoms with Crippen molar-refractivity contribution in [1.82, 2.24) is 10.3 Å². The number of likely N-dealkylation sites (N-methyl/N-ethyl adjacent to an activating group) is 1. The van der Waals surface area contributed by atoms with Gasteiger partial charge in [-0.1, -0.05) is 23.2 Å². The van der Waals surface area contributed by atoms with Crippen LogP contribution in [0.25, 0.3) is 6.08 Å². The largest absolute Gasteiger partial charge is 0.392 e. The summed E-state index contributed by atoms with van der Waals surface area (Å²) < 4.78 is 0. The van der Waals surface area contributed by atoms with E-state index >= 15 is 0 Å². The first-order valence-electron chi connectivity index (χ1n) is 8.76. The van der Waals surface area contributed by atoms with Gasteiger partial charge in [-0.2, -0.15) is 0 Å². The fraction of sp³-hybridized carbons (Fsp3) is 0.200. The van der Waals surface area contributed by atoms with Gasteiger partial charge in [0.1, 0.15) is 5.82 Å². The highest BCUT2D eigenvalue weighted by molar-refractivity contribution is 6.38. The summed E-state index contributed by atoms with van der Waals surface area (Å²) in [7, 11) is 1.50. The van der Waals surface area contributed by atoms with E-state index in [0.29, 0.717) is 27.7 Å². The Morgan fingerprint density at radius 3 is 2.53 bits per heavy atom. The highest BCUT2D eigenvalue weighted by Gasteiger charge is 2.18. The minimum absolute atomic E-state index is 0.169. The van der Waals surface area contributed by atoms with Gasteiger partial charge in [0.25, 0.3) is 0 Å². The molecule has 1 aromatic heterocycles. The van der Waals surface area contributed by atoms with Crippen LogP contribution < -0.4 is 15.5 Å². The number of hydrogen-bond donors (Lipinski definition) is 3. The number of amides is 3. The van der Waals surface area contributed by atoms with Crippen molar-refractivity contribution >= 4 is 58.5 Å². The Balaban J connectivity index is 1.93. The van der Waals surface area contributed by atoms with Crippen molar-refractivity contribution in [3.63, 3.8) is 0 Å². The van der Waals surface area contributed by atoms with Crippen LogP contribution in [-0.2, 0) is 21.0 Å². The molecule has 0 spiro atoms. The Morgan fingerprint density at radius 2 is 1.93 bits per heavy atom. The van der Waals surface area contributed by atoms with Gasteiger partial charge in [-0.3, -0.25) is 14.4 Å². The summed E-state index contributed by atoms with van der Waals surface area (Å²) in [5.74, 6) is -0.706. The third kappa shape index (κ3) is 6.28. The maximum absolute atomic E-state index is 12.4. The number of pyridine rings is 1.